The second-order valence-corrected chi connectivity index (χ2v) is 5.38. The Morgan fingerprint density at radius 3 is 2.42 bits per heavy atom. The van der Waals surface area contributed by atoms with E-state index in [0.717, 1.165) is 6.42 Å². The predicted octanol–water partition coefficient (Wildman–Crippen LogP) is 2.64. The first-order valence-corrected chi connectivity index (χ1v) is 5.19. The molecule has 1 heterocycles. The highest BCUT2D eigenvalue weighted by molar-refractivity contribution is 7.10. The van der Waals surface area contributed by atoms with E-state index < -0.39 is 0 Å². The number of aryl methyl sites for hydroxylation is 1. The average molecular weight is 181 g/mol. The van der Waals surface area contributed by atoms with Crippen LogP contribution in [-0.4, -0.2) is 0 Å². The molecule has 1 aromatic heterocycles. The van der Waals surface area contributed by atoms with Gasteiger partial charge in [0.2, 0.25) is 0 Å². The summed E-state index contributed by atoms with van der Waals surface area (Å²) < 4.78 is 0. The van der Waals surface area contributed by atoms with Gasteiger partial charge in [-0.25, -0.2) is 0 Å². The second kappa shape index (κ2) is 2.12. The van der Waals surface area contributed by atoms with Gasteiger partial charge in [-0.3, -0.25) is 0 Å². The van der Waals surface area contributed by atoms with E-state index in [4.69, 9.17) is 5.73 Å². The Kier molecular flexibility index (Phi) is 1.46. The van der Waals surface area contributed by atoms with Gasteiger partial charge in [-0.1, -0.05) is 13.8 Å². The molecule has 0 aromatic carbocycles. The van der Waals surface area contributed by atoms with Crippen LogP contribution in [0, 0.1) is 12.3 Å². The number of thiophene rings is 1. The highest BCUT2D eigenvalue weighted by Crippen LogP contribution is 2.61. The van der Waals surface area contributed by atoms with Crippen LogP contribution in [-0.2, 0) is 5.54 Å². The molecule has 1 atom stereocenters. The summed E-state index contributed by atoms with van der Waals surface area (Å²) in [6.45, 7) is 6.63. The van der Waals surface area contributed by atoms with Crippen molar-refractivity contribution in [3.63, 3.8) is 0 Å². The van der Waals surface area contributed by atoms with E-state index in [-0.39, 0.29) is 5.54 Å². The van der Waals surface area contributed by atoms with Crippen molar-refractivity contribution in [2.24, 2.45) is 11.1 Å². The summed E-state index contributed by atoms with van der Waals surface area (Å²) in [5.41, 5.74) is 7.94. The Balaban J connectivity index is 2.40. The summed E-state index contributed by atoms with van der Waals surface area (Å²) in [5.74, 6) is 0. The molecule has 1 unspecified atom stereocenters. The van der Waals surface area contributed by atoms with Gasteiger partial charge in [0, 0.05) is 4.88 Å². The smallest absolute Gasteiger partial charge is 0.0564 e. The summed E-state index contributed by atoms with van der Waals surface area (Å²) in [6.07, 6.45) is 1.13. The molecule has 1 aliphatic carbocycles. The van der Waals surface area contributed by atoms with E-state index in [1.54, 1.807) is 11.3 Å². The largest absolute Gasteiger partial charge is 0.320 e. The molecule has 12 heavy (non-hydrogen) atoms. The molecule has 66 valence electrons. The van der Waals surface area contributed by atoms with Gasteiger partial charge in [0.05, 0.1) is 5.54 Å². The van der Waals surface area contributed by atoms with Crippen LogP contribution in [0.1, 0.15) is 30.7 Å². The van der Waals surface area contributed by atoms with E-state index in [9.17, 15) is 0 Å². The molecule has 0 bridgehead atoms. The lowest BCUT2D eigenvalue weighted by Gasteiger charge is -2.13. The maximum absolute atomic E-state index is 6.30. The topological polar surface area (TPSA) is 26.0 Å². The maximum atomic E-state index is 6.30. The van der Waals surface area contributed by atoms with Crippen LogP contribution < -0.4 is 5.73 Å². The fourth-order valence-electron chi connectivity index (χ4n) is 1.87. The van der Waals surface area contributed by atoms with Crippen LogP contribution >= 0.6 is 11.3 Å². The van der Waals surface area contributed by atoms with Crippen LogP contribution in [0.5, 0.6) is 0 Å². The SMILES string of the molecule is Cc1ccsc1C1(N)CC1(C)C. The van der Waals surface area contributed by atoms with Crippen molar-refractivity contribution in [2.75, 3.05) is 0 Å². The van der Waals surface area contributed by atoms with Gasteiger partial charge in [-0.15, -0.1) is 11.3 Å². The van der Waals surface area contributed by atoms with Gasteiger partial charge >= 0.3 is 0 Å². The lowest BCUT2D eigenvalue weighted by Crippen LogP contribution is -2.24. The molecule has 1 fully saturated rings. The van der Waals surface area contributed by atoms with Crippen molar-refractivity contribution < 1.29 is 0 Å². The summed E-state index contributed by atoms with van der Waals surface area (Å²) in [5, 5.41) is 2.13. The van der Waals surface area contributed by atoms with E-state index in [0.29, 0.717) is 5.41 Å². The minimum absolute atomic E-state index is 0.0226. The lowest BCUT2D eigenvalue weighted by molar-refractivity contribution is 0.515. The number of nitrogens with two attached hydrogens (primary N) is 1. The Morgan fingerprint density at radius 2 is 2.08 bits per heavy atom. The molecule has 0 radical (unpaired) electrons. The van der Waals surface area contributed by atoms with Crippen molar-refractivity contribution in [2.45, 2.75) is 32.7 Å². The van der Waals surface area contributed by atoms with Crippen LogP contribution in [0.4, 0.5) is 0 Å². The summed E-state index contributed by atoms with van der Waals surface area (Å²) in [7, 11) is 0. The third-order valence-electron chi connectivity index (χ3n) is 3.07. The van der Waals surface area contributed by atoms with Gasteiger partial charge in [0.25, 0.3) is 0 Å². The average Bonchev–Trinajstić information content (AvgIpc) is 2.36. The Bertz CT molecular complexity index is 313. The minimum atomic E-state index is -0.0226. The van der Waals surface area contributed by atoms with E-state index >= 15 is 0 Å². The van der Waals surface area contributed by atoms with Gasteiger partial charge in [0.1, 0.15) is 0 Å². The first-order chi connectivity index (χ1) is 5.47. The summed E-state index contributed by atoms with van der Waals surface area (Å²) >= 11 is 1.80. The van der Waals surface area contributed by atoms with Gasteiger partial charge in [-0.2, -0.15) is 0 Å². The van der Waals surface area contributed by atoms with Gasteiger partial charge in [0.15, 0.2) is 0 Å². The van der Waals surface area contributed by atoms with E-state index in [2.05, 4.69) is 32.2 Å². The number of hydrogen-bond acceptors (Lipinski definition) is 2. The zero-order valence-corrected chi connectivity index (χ0v) is 8.66. The monoisotopic (exact) mass is 181 g/mol. The molecule has 0 saturated heterocycles. The molecule has 2 heteroatoms. The third-order valence-corrected chi connectivity index (χ3v) is 4.26. The third kappa shape index (κ3) is 0.882. The van der Waals surface area contributed by atoms with Crippen molar-refractivity contribution in [1.29, 1.82) is 0 Å². The quantitative estimate of drug-likeness (QED) is 0.708. The molecule has 1 aliphatic rings. The molecule has 2 N–H and O–H groups in total. The Hall–Kier alpha value is -0.340. The highest BCUT2D eigenvalue weighted by Gasteiger charge is 2.60. The zero-order valence-electron chi connectivity index (χ0n) is 7.85. The zero-order chi connectivity index (χ0) is 8.98. The van der Waals surface area contributed by atoms with Crippen LogP contribution in [0.2, 0.25) is 0 Å². The fourth-order valence-corrected chi connectivity index (χ4v) is 3.09. The van der Waals surface area contributed by atoms with Gasteiger partial charge < -0.3 is 5.73 Å². The van der Waals surface area contributed by atoms with Crippen molar-refractivity contribution in [3.8, 4) is 0 Å². The first-order valence-electron chi connectivity index (χ1n) is 4.31. The molecule has 2 rings (SSSR count). The van der Waals surface area contributed by atoms with Crippen LogP contribution in [0.25, 0.3) is 0 Å². The van der Waals surface area contributed by atoms with E-state index in [1.807, 2.05) is 0 Å². The number of rotatable bonds is 1. The lowest BCUT2D eigenvalue weighted by atomic mass is 10.0. The Morgan fingerprint density at radius 1 is 1.50 bits per heavy atom. The van der Waals surface area contributed by atoms with E-state index in [1.165, 1.54) is 10.4 Å². The maximum Gasteiger partial charge on any atom is 0.0564 e. The molecular weight excluding hydrogens is 166 g/mol. The molecule has 1 aromatic rings. The van der Waals surface area contributed by atoms with Crippen molar-refractivity contribution in [3.05, 3.63) is 21.9 Å². The Labute approximate surface area is 77.6 Å². The normalized spacial score (nSPS) is 32.0. The molecule has 1 saturated carbocycles. The first kappa shape index (κ1) is 8.27. The number of hydrogen-bond donors (Lipinski definition) is 1. The van der Waals surface area contributed by atoms with Crippen LogP contribution in [0.3, 0.4) is 0 Å². The van der Waals surface area contributed by atoms with Crippen LogP contribution in [0.15, 0.2) is 11.4 Å². The molecule has 0 spiro atoms. The summed E-state index contributed by atoms with van der Waals surface area (Å²) in [6, 6.07) is 2.16. The molecule has 0 aliphatic heterocycles. The molecule has 0 amide bonds. The van der Waals surface area contributed by atoms with Gasteiger partial charge in [-0.05, 0) is 35.8 Å². The second-order valence-electron chi connectivity index (χ2n) is 4.46. The standard InChI is InChI=1S/C10H15NS/c1-7-4-5-12-8(7)10(11)6-9(10,2)3/h4-5H,6,11H2,1-3H3. The van der Waals surface area contributed by atoms with Crippen molar-refractivity contribution >= 4 is 11.3 Å². The molecule has 1 nitrogen and oxygen atoms in total. The highest BCUT2D eigenvalue weighted by atomic mass is 32.1. The molecular formula is C10H15NS. The predicted molar refractivity (Wildman–Crippen MR) is 53.3 cm³/mol. The minimum Gasteiger partial charge on any atom is -0.320 e. The summed E-state index contributed by atoms with van der Waals surface area (Å²) in [4.78, 5) is 1.38. The fraction of sp³-hybridized carbons (Fsp3) is 0.600. The van der Waals surface area contributed by atoms with Crippen molar-refractivity contribution in [1.82, 2.24) is 0 Å².